The number of ether oxygens (including phenoxy) is 1. The van der Waals surface area contributed by atoms with Crippen LogP contribution in [0.5, 0.6) is 5.75 Å². The Hall–Kier alpha value is -2.09. The fraction of sp³-hybridized carbons (Fsp3) is 0.381. The summed E-state index contributed by atoms with van der Waals surface area (Å²) in [6.07, 6.45) is 4.26. The predicted octanol–water partition coefficient (Wildman–Crippen LogP) is 5.81. The Morgan fingerprint density at radius 3 is 2.17 bits per heavy atom. The summed E-state index contributed by atoms with van der Waals surface area (Å²) in [5, 5.41) is 0. The molecule has 0 saturated heterocycles. The fourth-order valence-electron chi connectivity index (χ4n) is 2.29. The van der Waals surface area contributed by atoms with Crippen molar-refractivity contribution < 1.29 is 4.74 Å². The Labute approximate surface area is 140 Å². The molecule has 0 aliphatic rings. The lowest BCUT2D eigenvalue weighted by molar-refractivity contribution is 0.217. The summed E-state index contributed by atoms with van der Waals surface area (Å²) in [6, 6.07) is 16.6. The third kappa shape index (κ3) is 5.90. The largest absolute Gasteiger partial charge is 0.491 e. The Morgan fingerprint density at radius 2 is 1.61 bits per heavy atom. The van der Waals surface area contributed by atoms with Gasteiger partial charge in [0.25, 0.3) is 0 Å². The van der Waals surface area contributed by atoms with Crippen LogP contribution < -0.4 is 4.74 Å². The van der Waals surface area contributed by atoms with Crippen LogP contribution in [-0.4, -0.2) is 12.3 Å². The molecule has 0 aliphatic heterocycles. The molecular weight excluding hydrogens is 282 g/mol. The van der Waals surface area contributed by atoms with Gasteiger partial charge in [0.15, 0.2) is 0 Å². The van der Waals surface area contributed by atoms with Gasteiger partial charge in [-0.2, -0.15) is 0 Å². The van der Waals surface area contributed by atoms with Crippen LogP contribution in [0.1, 0.15) is 45.2 Å². The average Bonchev–Trinajstić information content (AvgIpc) is 2.55. The SMILES string of the molecule is CCC(C)Oc1ccc(C=Nc2ccc(CC(C)C)cc2)cc1. The first-order valence-electron chi connectivity index (χ1n) is 8.46. The van der Waals surface area contributed by atoms with Crippen LogP contribution in [0.4, 0.5) is 5.69 Å². The number of aliphatic imine (C=N–C) groups is 1. The van der Waals surface area contributed by atoms with Gasteiger partial charge in [-0.05, 0) is 73.2 Å². The molecule has 0 spiro atoms. The standard InChI is InChI=1S/C21H27NO/c1-5-17(4)23-21-12-8-19(9-13-21)15-22-20-10-6-18(7-11-20)14-16(2)3/h6-13,15-17H,5,14H2,1-4H3. The minimum absolute atomic E-state index is 0.249. The highest BCUT2D eigenvalue weighted by Gasteiger charge is 2.00. The van der Waals surface area contributed by atoms with E-state index in [1.54, 1.807) is 0 Å². The van der Waals surface area contributed by atoms with E-state index in [2.05, 4.69) is 57.0 Å². The minimum atomic E-state index is 0.249. The summed E-state index contributed by atoms with van der Waals surface area (Å²) in [5.74, 6) is 1.59. The zero-order valence-corrected chi connectivity index (χ0v) is 14.6. The molecule has 1 unspecified atom stereocenters. The molecular formula is C21H27NO. The topological polar surface area (TPSA) is 21.6 Å². The molecule has 2 aromatic carbocycles. The highest BCUT2D eigenvalue weighted by molar-refractivity contribution is 5.82. The minimum Gasteiger partial charge on any atom is -0.491 e. The van der Waals surface area contributed by atoms with Gasteiger partial charge in [0.1, 0.15) is 5.75 Å². The molecule has 0 heterocycles. The van der Waals surface area contributed by atoms with E-state index in [0.717, 1.165) is 29.8 Å². The predicted molar refractivity (Wildman–Crippen MR) is 99.1 cm³/mol. The van der Waals surface area contributed by atoms with Crippen LogP contribution in [0, 0.1) is 5.92 Å². The van der Waals surface area contributed by atoms with E-state index in [0.29, 0.717) is 5.92 Å². The maximum Gasteiger partial charge on any atom is 0.119 e. The third-order valence-corrected chi connectivity index (χ3v) is 3.74. The highest BCUT2D eigenvalue weighted by Crippen LogP contribution is 2.17. The van der Waals surface area contributed by atoms with Gasteiger partial charge in [0, 0.05) is 6.21 Å². The Morgan fingerprint density at radius 1 is 0.957 bits per heavy atom. The Kier molecular flexibility index (Phi) is 6.40. The van der Waals surface area contributed by atoms with Gasteiger partial charge in [-0.3, -0.25) is 4.99 Å². The smallest absolute Gasteiger partial charge is 0.119 e. The first-order valence-corrected chi connectivity index (χ1v) is 8.46. The summed E-state index contributed by atoms with van der Waals surface area (Å²) < 4.78 is 5.78. The van der Waals surface area contributed by atoms with Crippen LogP contribution in [0.3, 0.4) is 0 Å². The molecule has 0 amide bonds. The number of nitrogens with zero attached hydrogens (tertiary/aromatic N) is 1. The molecule has 1 atom stereocenters. The van der Waals surface area contributed by atoms with Gasteiger partial charge < -0.3 is 4.74 Å². The lowest BCUT2D eigenvalue weighted by Crippen LogP contribution is -2.09. The normalized spacial score (nSPS) is 12.7. The second-order valence-corrected chi connectivity index (χ2v) is 6.43. The second kappa shape index (κ2) is 8.52. The molecule has 0 N–H and O–H groups in total. The first-order chi connectivity index (χ1) is 11.1. The van der Waals surface area contributed by atoms with Crippen LogP contribution >= 0.6 is 0 Å². The molecule has 2 aromatic rings. The van der Waals surface area contributed by atoms with Gasteiger partial charge >= 0.3 is 0 Å². The van der Waals surface area contributed by atoms with Gasteiger partial charge in [-0.1, -0.05) is 32.9 Å². The highest BCUT2D eigenvalue weighted by atomic mass is 16.5. The summed E-state index contributed by atoms with van der Waals surface area (Å²) in [6.45, 7) is 8.68. The Bertz CT molecular complexity index is 611. The van der Waals surface area contributed by atoms with Crippen LogP contribution in [0.15, 0.2) is 53.5 Å². The average molecular weight is 309 g/mol. The summed E-state index contributed by atoms with van der Waals surface area (Å²) >= 11 is 0. The van der Waals surface area contributed by atoms with Crippen molar-refractivity contribution in [2.75, 3.05) is 0 Å². The lowest BCUT2D eigenvalue weighted by atomic mass is 10.0. The molecule has 2 nitrogen and oxygen atoms in total. The maximum absolute atomic E-state index is 5.78. The van der Waals surface area contributed by atoms with Crippen molar-refractivity contribution in [2.45, 2.75) is 46.6 Å². The number of hydrogen-bond donors (Lipinski definition) is 0. The molecule has 0 radical (unpaired) electrons. The van der Waals surface area contributed by atoms with Gasteiger partial charge in [0.2, 0.25) is 0 Å². The zero-order chi connectivity index (χ0) is 16.7. The van der Waals surface area contributed by atoms with Crippen LogP contribution in [-0.2, 0) is 6.42 Å². The zero-order valence-electron chi connectivity index (χ0n) is 14.6. The van der Waals surface area contributed by atoms with E-state index in [4.69, 9.17) is 4.74 Å². The molecule has 0 bridgehead atoms. The van der Waals surface area contributed by atoms with Crippen molar-refractivity contribution in [3.05, 3.63) is 59.7 Å². The summed E-state index contributed by atoms with van der Waals surface area (Å²) in [5.41, 5.74) is 3.43. The van der Waals surface area contributed by atoms with Crippen molar-refractivity contribution in [1.29, 1.82) is 0 Å². The second-order valence-electron chi connectivity index (χ2n) is 6.43. The summed E-state index contributed by atoms with van der Waals surface area (Å²) in [7, 11) is 0. The van der Waals surface area contributed by atoms with E-state index >= 15 is 0 Å². The van der Waals surface area contributed by atoms with Gasteiger partial charge in [-0.25, -0.2) is 0 Å². The maximum atomic E-state index is 5.78. The quantitative estimate of drug-likeness (QED) is 0.591. The van der Waals surface area contributed by atoms with E-state index in [9.17, 15) is 0 Å². The van der Waals surface area contributed by atoms with E-state index < -0.39 is 0 Å². The number of rotatable bonds is 7. The van der Waals surface area contributed by atoms with Gasteiger partial charge in [0.05, 0.1) is 11.8 Å². The molecule has 0 aliphatic carbocycles. The molecule has 0 fully saturated rings. The van der Waals surface area contributed by atoms with Crippen LogP contribution in [0.2, 0.25) is 0 Å². The Balaban J connectivity index is 1.97. The monoisotopic (exact) mass is 309 g/mol. The van der Waals surface area contributed by atoms with Crippen LogP contribution in [0.25, 0.3) is 0 Å². The molecule has 23 heavy (non-hydrogen) atoms. The van der Waals surface area contributed by atoms with E-state index in [1.165, 1.54) is 5.56 Å². The molecule has 0 saturated carbocycles. The molecule has 2 rings (SSSR count). The van der Waals surface area contributed by atoms with Crippen molar-refractivity contribution in [1.82, 2.24) is 0 Å². The van der Waals surface area contributed by atoms with Crippen molar-refractivity contribution in [3.63, 3.8) is 0 Å². The van der Waals surface area contributed by atoms with Crippen molar-refractivity contribution in [2.24, 2.45) is 10.9 Å². The molecule has 2 heteroatoms. The summed E-state index contributed by atoms with van der Waals surface area (Å²) in [4.78, 5) is 4.54. The fourth-order valence-corrected chi connectivity index (χ4v) is 2.29. The number of hydrogen-bond acceptors (Lipinski definition) is 2. The van der Waals surface area contributed by atoms with Gasteiger partial charge in [-0.15, -0.1) is 0 Å². The first kappa shape index (κ1) is 17.3. The van der Waals surface area contributed by atoms with E-state index in [1.807, 2.05) is 30.5 Å². The molecule has 0 aromatic heterocycles. The lowest BCUT2D eigenvalue weighted by Gasteiger charge is -2.12. The van der Waals surface area contributed by atoms with E-state index in [-0.39, 0.29) is 6.10 Å². The van der Waals surface area contributed by atoms with Crippen molar-refractivity contribution >= 4 is 11.9 Å². The molecule has 122 valence electrons. The van der Waals surface area contributed by atoms with Crippen molar-refractivity contribution in [3.8, 4) is 5.75 Å². The number of benzene rings is 2. The third-order valence-electron chi connectivity index (χ3n) is 3.74.